The first-order valence-electron chi connectivity index (χ1n) is 22.4. The Morgan fingerprint density at radius 3 is 0.812 bits per heavy atom. The van der Waals surface area contributed by atoms with Crippen molar-refractivity contribution in [2.45, 2.75) is 11.8 Å². The highest BCUT2D eigenvalue weighted by molar-refractivity contribution is 6.09. The molecule has 0 saturated heterocycles. The molecule has 0 aliphatic heterocycles. The van der Waals surface area contributed by atoms with Crippen LogP contribution in [0.25, 0.3) is 55.7 Å². The summed E-state index contributed by atoms with van der Waals surface area (Å²) < 4.78 is 0. The Hall–Kier alpha value is -8.06. The summed E-state index contributed by atoms with van der Waals surface area (Å²) in [4.78, 5) is 0. The second kappa shape index (κ2) is 16.0. The van der Waals surface area contributed by atoms with Crippen LogP contribution >= 0.6 is 0 Å². The number of hydrogen-bond acceptors (Lipinski definition) is 0. The summed E-state index contributed by atoms with van der Waals surface area (Å²) in [5, 5.41) is 0. The highest BCUT2D eigenvalue weighted by atomic mass is 14.3. The SMILES string of the molecule is c1ccc(/C(=C(\c2ccccc2)c2ccccc2-c2ccc(C3c4ccccc4-c4ccccc43)cc2)c2ccccc2-c2ccc(C3c4ccccc4-c4ccccc43)cc2)cc1. The molecule has 0 atom stereocenters. The largest absolute Gasteiger partial charge is 0.0622 e. The molecule has 0 saturated carbocycles. The van der Waals surface area contributed by atoms with Gasteiger partial charge < -0.3 is 0 Å². The van der Waals surface area contributed by atoms with Gasteiger partial charge in [0.2, 0.25) is 0 Å². The van der Waals surface area contributed by atoms with Gasteiger partial charge in [-0.15, -0.1) is 0 Å². The van der Waals surface area contributed by atoms with Crippen LogP contribution in [-0.4, -0.2) is 0 Å². The number of fused-ring (bicyclic) bond motifs is 6. The van der Waals surface area contributed by atoms with E-state index in [1.54, 1.807) is 0 Å². The van der Waals surface area contributed by atoms with Gasteiger partial charge in [-0.1, -0.05) is 255 Å². The average molecular weight is 813 g/mol. The Morgan fingerprint density at radius 1 is 0.219 bits per heavy atom. The van der Waals surface area contributed by atoms with E-state index < -0.39 is 0 Å². The zero-order valence-electron chi connectivity index (χ0n) is 35.4. The first-order valence-corrected chi connectivity index (χ1v) is 22.4. The van der Waals surface area contributed by atoms with Crippen molar-refractivity contribution in [2.24, 2.45) is 0 Å². The van der Waals surface area contributed by atoms with Crippen LogP contribution in [-0.2, 0) is 0 Å². The van der Waals surface area contributed by atoms with E-state index in [0.29, 0.717) is 0 Å². The van der Waals surface area contributed by atoms with E-state index >= 15 is 0 Å². The van der Waals surface area contributed by atoms with Crippen LogP contribution in [0.5, 0.6) is 0 Å². The quantitative estimate of drug-likeness (QED) is 0.134. The number of hydrogen-bond donors (Lipinski definition) is 0. The zero-order chi connectivity index (χ0) is 42.4. The van der Waals surface area contributed by atoms with E-state index in [4.69, 9.17) is 0 Å². The Balaban J connectivity index is 1.01. The maximum atomic E-state index is 2.35. The van der Waals surface area contributed by atoms with Crippen molar-refractivity contribution >= 4 is 11.1 Å². The van der Waals surface area contributed by atoms with E-state index in [0.717, 1.165) is 0 Å². The van der Waals surface area contributed by atoms with Gasteiger partial charge in [-0.2, -0.15) is 0 Å². The lowest BCUT2D eigenvalue weighted by molar-refractivity contribution is 1.02. The van der Waals surface area contributed by atoms with E-state index in [1.165, 1.54) is 111 Å². The van der Waals surface area contributed by atoms with E-state index in [2.05, 4.69) is 255 Å². The Kier molecular flexibility index (Phi) is 9.42. The third-order valence-electron chi connectivity index (χ3n) is 13.5. The van der Waals surface area contributed by atoms with Crippen LogP contribution in [0.15, 0.2) is 255 Å². The van der Waals surface area contributed by atoms with Gasteiger partial charge in [0.05, 0.1) is 0 Å². The van der Waals surface area contributed by atoms with Crippen molar-refractivity contribution in [3.05, 3.63) is 310 Å². The molecule has 0 nitrogen and oxygen atoms in total. The monoisotopic (exact) mass is 812 g/mol. The molecular weight excluding hydrogens is 769 g/mol. The van der Waals surface area contributed by atoms with Crippen LogP contribution in [0.2, 0.25) is 0 Å². The fraction of sp³-hybridized carbons (Fsp3) is 0.0312. The molecule has 10 aromatic carbocycles. The van der Waals surface area contributed by atoms with Crippen molar-refractivity contribution in [2.75, 3.05) is 0 Å². The molecule has 10 aromatic rings. The molecule has 2 aliphatic rings. The molecule has 0 heteroatoms. The minimum atomic E-state index is 0.205. The highest BCUT2D eigenvalue weighted by Gasteiger charge is 2.31. The second-order valence-electron chi connectivity index (χ2n) is 17.0. The molecule has 64 heavy (non-hydrogen) atoms. The summed E-state index contributed by atoms with van der Waals surface area (Å²) >= 11 is 0. The minimum absolute atomic E-state index is 0.205. The fourth-order valence-corrected chi connectivity index (χ4v) is 10.7. The van der Waals surface area contributed by atoms with Gasteiger partial charge in [0.1, 0.15) is 0 Å². The number of rotatable bonds is 8. The second-order valence-corrected chi connectivity index (χ2v) is 17.0. The van der Waals surface area contributed by atoms with Crippen LogP contribution < -0.4 is 0 Å². The molecule has 0 fully saturated rings. The average Bonchev–Trinajstić information content (AvgIpc) is 3.89. The van der Waals surface area contributed by atoms with Crippen LogP contribution in [0.4, 0.5) is 0 Å². The third kappa shape index (κ3) is 6.38. The molecule has 12 rings (SSSR count). The molecule has 0 heterocycles. The van der Waals surface area contributed by atoms with Crippen molar-refractivity contribution < 1.29 is 0 Å². The van der Waals surface area contributed by atoms with Gasteiger partial charge in [0.15, 0.2) is 0 Å². The summed E-state index contributed by atoms with van der Waals surface area (Å²) in [5.41, 5.74) is 25.4. The first-order chi connectivity index (χ1) is 31.8. The van der Waals surface area contributed by atoms with Crippen molar-refractivity contribution in [3.8, 4) is 44.5 Å². The third-order valence-corrected chi connectivity index (χ3v) is 13.5. The molecule has 0 aromatic heterocycles. The van der Waals surface area contributed by atoms with E-state index in [9.17, 15) is 0 Å². The maximum absolute atomic E-state index is 2.35. The lowest BCUT2D eigenvalue weighted by Crippen LogP contribution is -2.02. The maximum Gasteiger partial charge on any atom is 0.0352 e. The smallest absolute Gasteiger partial charge is 0.0352 e. The molecular formula is C64H44. The van der Waals surface area contributed by atoms with Gasteiger partial charge in [-0.25, -0.2) is 0 Å². The van der Waals surface area contributed by atoms with Crippen LogP contribution in [0, 0.1) is 0 Å². The van der Waals surface area contributed by atoms with Crippen molar-refractivity contribution in [3.63, 3.8) is 0 Å². The standard InChI is InChI=1S/C64H44/c1-3-19-45(20-4-1)63(55-29-13-7-23-49(55)43-35-39-47(40-36-43)61-57-31-15-9-25-51(57)52-26-10-16-32-58(52)61)64(46-21-5-2-6-22-46)56-30-14-8-24-50(56)44-37-41-48(42-38-44)62-59-33-17-11-27-53(59)54-28-12-18-34-60(54)62/h1-42,61-62H/b64-63-. The zero-order valence-corrected chi connectivity index (χ0v) is 35.4. The van der Waals surface area contributed by atoms with Gasteiger partial charge in [-0.05, 0) is 111 Å². The summed E-state index contributed by atoms with van der Waals surface area (Å²) in [6.07, 6.45) is 0. The van der Waals surface area contributed by atoms with Gasteiger partial charge in [-0.3, -0.25) is 0 Å². The Labute approximate surface area is 376 Å². The van der Waals surface area contributed by atoms with Crippen LogP contribution in [0.1, 0.15) is 67.5 Å². The minimum Gasteiger partial charge on any atom is -0.0622 e. The summed E-state index contributed by atoms with van der Waals surface area (Å²) in [7, 11) is 0. The normalized spacial score (nSPS) is 13.1. The Bertz CT molecular complexity index is 3030. The summed E-state index contributed by atoms with van der Waals surface area (Å²) in [5.74, 6) is 0.410. The molecule has 0 spiro atoms. The predicted octanol–water partition coefficient (Wildman–Crippen LogP) is 16.3. The molecule has 0 radical (unpaired) electrons. The van der Waals surface area contributed by atoms with E-state index in [-0.39, 0.29) is 11.8 Å². The van der Waals surface area contributed by atoms with Gasteiger partial charge >= 0.3 is 0 Å². The molecule has 0 N–H and O–H groups in total. The molecule has 2 aliphatic carbocycles. The summed E-state index contributed by atoms with van der Waals surface area (Å²) in [6.45, 7) is 0. The predicted molar refractivity (Wildman–Crippen MR) is 267 cm³/mol. The van der Waals surface area contributed by atoms with Crippen molar-refractivity contribution in [1.82, 2.24) is 0 Å². The van der Waals surface area contributed by atoms with Gasteiger partial charge in [0, 0.05) is 11.8 Å². The molecule has 300 valence electrons. The molecule has 0 amide bonds. The van der Waals surface area contributed by atoms with E-state index in [1.807, 2.05) is 0 Å². The van der Waals surface area contributed by atoms with Crippen LogP contribution in [0.3, 0.4) is 0 Å². The Morgan fingerprint density at radius 2 is 0.484 bits per heavy atom. The molecule has 0 bridgehead atoms. The highest BCUT2D eigenvalue weighted by Crippen LogP contribution is 2.50. The lowest BCUT2D eigenvalue weighted by atomic mass is 9.80. The lowest BCUT2D eigenvalue weighted by Gasteiger charge is -2.23. The van der Waals surface area contributed by atoms with Crippen molar-refractivity contribution in [1.29, 1.82) is 0 Å². The number of benzene rings is 10. The topological polar surface area (TPSA) is 0 Å². The molecule has 0 unspecified atom stereocenters. The van der Waals surface area contributed by atoms with Gasteiger partial charge in [0.25, 0.3) is 0 Å². The first kappa shape index (κ1) is 37.7. The fourth-order valence-electron chi connectivity index (χ4n) is 10.7. The summed E-state index contributed by atoms with van der Waals surface area (Å²) in [6, 6.07) is 94.2.